The molecule has 148 valence electrons. The van der Waals surface area contributed by atoms with Crippen LogP contribution < -0.4 is 27.8 Å². The number of aryl methyl sites for hydroxylation is 1. The topological polar surface area (TPSA) is 186 Å². The van der Waals surface area contributed by atoms with E-state index < -0.39 is 23.8 Å². The SMILES string of the molecule is Cc1ccc(C(=O)NCCC(=O)O)c(NC(=O)[C@@H](N)CCCN=C(N)N)c1. The number of carbonyl (C=O) groups is 3. The molecule has 0 saturated heterocycles. The second-order valence-electron chi connectivity index (χ2n) is 5.99. The van der Waals surface area contributed by atoms with Crippen molar-refractivity contribution in [1.82, 2.24) is 5.32 Å². The van der Waals surface area contributed by atoms with E-state index in [2.05, 4.69) is 15.6 Å². The predicted molar refractivity (Wildman–Crippen MR) is 102 cm³/mol. The molecule has 0 spiro atoms. The number of anilines is 1. The van der Waals surface area contributed by atoms with Gasteiger partial charge in [-0.15, -0.1) is 0 Å². The van der Waals surface area contributed by atoms with Gasteiger partial charge in [0.15, 0.2) is 5.96 Å². The molecule has 2 amide bonds. The Bertz CT molecular complexity index is 715. The largest absolute Gasteiger partial charge is 0.481 e. The molecule has 0 aliphatic carbocycles. The third-order valence-electron chi connectivity index (χ3n) is 3.61. The van der Waals surface area contributed by atoms with Crippen LogP contribution in [0.5, 0.6) is 0 Å². The van der Waals surface area contributed by atoms with Crippen LogP contribution in [0.3, 0.4) is 0 Å². The molecule has 0 radical (unpaired) electrons. The van der Waals surface area contributed by atoms with Crippen molar-refractivity contribution in [3.05, 3.63) is 29.3 Å². The zero-order valence-electron chi connectivity index (χ0n) is 15.2. The van der Waals surface area contributed by atoms with Crippen LogP contribution in [-0.4, -0.2) is 48.0 Å². The summed E-state index contributed by atoms with van der Waals surface area (Å²) in [5.41, 5.74) is 17.7. The van der Waals surface area contributed by atoms with Gasteiger partial charge in [0.2, 0.25) is 5.91 Å². The first-order chi connectivity index (χ1) is 12.7. The third kappa shape index (κ3) is 8.19. The fraction of sp³-hybridized carbons (Fsp3) is 0.412. The number of rotatable bonds is 10. The van der Waals surface area contributed by atoms with E-state index in [-0.39, 0.29) is 24.5 Å². The smallest absolute Gasteiger partial charge is 0.305 e. The summed E-state index contributed by atoms with van der Waals surface area (Å²) in [6.45, 7) is 2.17. The molecule has 10 heteroatoms. The van der Waals surface area contributed by atoms with Crippen molar-refractivity contribution in [1.29, 1.82) is 0 Å². The molecule has 0 aliphatic rings. The summed E-state index contributed by atoms with van der Waals surface area (Å²) in [5, 5.41) is 13.8. The second kappa shape index (κ2) is 10.8. The Hall–Kier alpha value is -3.14. The number of guanidine groups is 1. The first-order valence-corrected chi connectivity index (χ1v) is 8.43. The molecule has 27 heavy (non-hydrogen) atoms. The Labute approximate surface area is 157 Å². The van der Waals surface area contributed by atoms with E-state index in [1.165, 1.54) is 0 Å². The van der Waals surface area contributed by atoms with Crippen LogP contribution in [0.1, 0.15) is 35.2 Å². The lowest BCUT2D eigenvalue weighted by Crippen LogP contribution is -2.36. The number of hydrogen-bond acceptors (Lipinski definition) is 5. The Kier molecular flexibility index (Phi) is 8.73. The number of carboxylic acids is 1. The molecule has 0 saturated carbocycles. The molecule has 1 atom stereocenters. The first-order valence-electron chi connectivity index (χ1n) is 8.43. The lowest BCUT2D eigenvalue weighted by molar-refractivity contribution is -0.136. The van der Waals surface area contributed by atoms with Gasteiger partial charge in [0.05, 0.1) is 23.7 Å². The summed E-state index contributed by atoms with van der Waals surface area (Å²) < 4.78 is 0. The molecule has 0 aliphatic heterocycles. The Morgan fingerprint density at radius 1 is 1.26 bits per heavy atom. The highest BCUT2D eigenvalue weighted by Gasteiger charge is 2.18. The van der Waals surface area contributed by atoms with Crippen LogP contribution in [-0.2, 0) is 9.59 Å². The minimum absolute atomic E-state index is 0.0142. The normalized spacial score (nSPS) is 11.3. The van der Waals surface area contributed by atoms with Crippen LogP contribution in [0.15, 0.2) is 23.2 Å². The molecule has 1 aromatic carbocycles. The highest BCUT2D eigenvalue weighted by atomic mass is 16.4. The molecule has 9 N–H and O–H groups in total. The summed E-state index contributed by atoms with van der Waals surface area (Å²) in [6.07, 6.45) is 0.706. The van der Waals surface area contributed by atoms with Gasteiger partial charge < -0.3 is 32.9 Å². The van der Waals surface area contributed by atoms with E-state index in [1.807, 2.05) is 6.92 Å². The van der Waals surface area contributed by atoms with Crippen molar-refractivity contribution in [3.8, 4) is 0 Å². The van der Waals surface area contributed by atoms with Gasteiger partial charge in [-0.1, -0.05) is 6.07 Å². The minimum atomic E-state index is -1.01. The van der Waals surface area contributed by atoms with Crippen molar-refractivity contribution in [2.24, 2.45) is 22.2 Å². The molecule has 10 nitrogen and oxygen atoms in total. The summed E-state index contributed by atoms with van der Waals surface area (Å²) in [6, 6.07) is 4.14. The van der Waals surface area contributed by atoms with Gasteiger partial charge in [-0.25, -0.2) is 0 Å². The van der Waals surface area contributed by atoms with Crippen LogP contribution in [0.25, 0.3) is 0 Å². The standard InChI is InChI=1S/C17H26N6O4/c1-10-4-5-11(15(26)21-8-6-14(24)25)13(9-10)23-16(27)12(18)3-2-7-22-17(19)20/h4-5,9,12H,2-3,6-8,18H2,1H3,(H,21,26)(H,23,27)(H,24,25)(H4,19,20,22)/t12-/m0/s1. The zero-order valence-corrected chi connectivity index (χ0v) is 15.2. The highest BCUT2D eigenvalue weighted by Crippen LogP contribution is 2.18. The van der Waals surface area contributed by atoms with E-state index in [0.29, 0.717) is 25.1 Å². The van der Waals surface area contributed by atoms with Crippen molar-refractivity contribution >= 4 is 29.4 Å². The number of nitrogens with one attached hydrogen (secondary N) is 2. The van der Waals surface area contributed by atoms with Gasteiger partial charge in [0.1, 0.15) is 0 Å². The number of carboxylic acid groups (broad SMARTS) is 1. The number of nitrogens with zero attached hydrogens (tertiary/aromatic N) is 1. The Morgan fingerprint density at radius 2 is 1.96 bits per heavy atom. The Balaban J connectivity index is 2.73. The van der Waals surface area contributed by atoms with Gasteiger partial charge in [0.25, 0.3) is 5.91 Å². The summed E-state index contributed by atoms with van der Waals surface area (Å²) in [4.78, 5) is 38.9. The predicted octanol–water partition coefficient (Wildman–Crippen LogP) is -0.481. The molecular formula is C17H26N6O4. The van der Waals surface area contributed by atoms with E-state index in [9.17, 15) is 14.4 Å². The van der Waals surface area contributed by atoms with Crippen LogP contribution in [0, 0.1) is 6.92 Å². The van der Waals surface area contributed by atoms with Crippen molar-refractivity contribution < 1.29 is 19.5 Å². The lowest BCUT2D eigenvalue weighted by Gasteiger charge is -2.15. The van der Waals surface area contributed by atoms with Gasteiger partial charge in [-0.05, 0) is 37.5 Å². The number of aliphatic carboxylic acids is 1. The van der Waals surface area contributed by atoms with E-state index in [0.717, 1.165) is 5.56 Å². The Morgan fingerprint density at radius 3 is 2.59 bits per heavy atom. The lowest BCUT2D eigenvalue weighted by atomic mass is 10.1. The maximum absolute atomic E-state index is 12.3. The monoisotopic (exact) mass is 378 g/mol. The number of hydrogen-bond donors (Lipinski definition) is 6. The van der Waals surface area contributed by atoms with Crippen molar-refractivity contribution in [2.75, 3.05) is 18.4 Å². The second-order valence-corrected chi connectivity index (χ2v) is 5.99. The maximum Gasteiger partial charge on any atom is 0.305 e. The number of aliphatic imine (C=N–C) groups is 1. The zero-order chi connectivity index (χ0) is 20.4. The molecule has 1 aromatic rings. The highest BCUT2D eigenvalue weighted by molar-refractivity contribution is 6.05. The molecule has 1 rings (SSSR count). The average molecular weight is 378 g/mol. The van der Waals surface area contributed by atoms with Crippen molar-refractivity contribution in [3.63, 3.8) is 0 Å². The average Bonchev–Trinajstić information content (AvgIpc) is 2.57. The van der Waals surface area contributed by atoms with Crippen LogP contribution in [0.2, 0.25) is 0 Å². The molecule has 0 aromatic heterocycles. The fourth-order valence-corrected chi connectivity index (χ4v) is 2.21. The quantitative estimate of drug-likeness (QED) is 0.180. The summed E-state index contributed by atoms with van der Waals surface area (Å²) in [7, 11) is 0. The van der Waals surface area contributed by atoms with E-state index >= 15 is 0 Å². The molecular weight excluding hydrogens is 352 g/mol. The van der Waals surface area contributed by atoms with E-state index in [4.69, 9.17) is 22.3 Å². The van der Waals surface area contributed by atoms with Crippen LogP contribution >= 0.6 is 0 Å². The van der Waals surface area contributed by atoms with Gasteiger partial charge >= 0.3 is 5.97 Å². The first kappa shape index (κ1) is 21.9. The molecule has 0 bridgehead atoms. The number of amides is 2. The van der Waals surface area contributed by atoms with Crippen molar-refractivity contribution in [2.45, 2.75) is 32.2 Å². The molecule has 0 unspecified atom stereocenters. The number of carbonyl (C=O) groups excluding carboxylic acids is 2. The van der Waals surface area contributed by atoms with E-state index in [1.54, 1.807) is 18.2 Å². The summed E-state index contributed by atoms with van der Waals surface area (Å²) >= 11 is 0. The van der Waals surface area contributed by atoms with Gasteiger partial charge in [0, 0.05) is 13.1 Å². The minimum Gasteiger partial charge on any atom is -0.481 e. The molecule has 0 heterocycles. The number of nitrogens with two attached hydrogens (primary N) is 3. The fourth-order valence-electron chi connectivity index (χ4n) is 2.21. The number of benzene rings is 1. The van der Waals surface area contributed by atoms with Gasteiger partial charge in [-0.3, -0.25) is 19.4 Å². The summed E-state index contributed by atoms with van der Waals surface area (Å²) in [5.74, 6) is -1.96. The maximum atomic E-state index is 12.3. The van der Waals surface area contributed by atoms with Gasteiger partial charge in [-0.2, -0.15) is 0 Å². The van der Waals surface area contributed by atoms with Crippen LogP contribution in [0.4, 0.5) is 5.69 Å². The molecule has 0 fully saturated rings. The third-order valence-corrected chi connectivity index (χ3v) is 3.61.